The van der Waals surface area contributed by atoms with Crippen molar-refractivity contribution in [3.8, 4) is 11.1 Å². The van der Waals surface area contributed by atoms with E-state index in [0.717, 1.165) is 22.4 Å². The van der Waals surface area contributed by atoms with Gasteiger partial charge in [0.25, 0.3) is 5.91 Å². The van der Waals surface area contributed by atoms with Crippen LogP contribution in [0.3, 0.4) is 0 Å². The fourth-order valence-corrected chi connectivity index (χ4v) is 3.76. The third-order valence-corrected chi connectivity index (χ3v) is 5.59. The zero-order valence-corrected chi connectivity index (χ0v) is 17.7. The summed E-state index contributed by atoms with van der Waals surface area (Å²) in [5.41, 5.74) is 3.97. The minimum atomic E-state index is -0.421. The molecule has 0 N–H and O–H groups in total. The fourth-order valence-electron chi connectivity index (χ4n) is 3.76. The van der Waals surface area contributed by atoms with Gasteiger partial charge < -0.3 is 14.5 Å². The van der Waals surface area contributed by atoms with E-state index in [1.165, 1.54) is 12.1 Å². The number of piperazine rings is 1. The van der Waals surface area contributed by atoms with Gasteiger partial charge in [-0.2, -0.15) is 0 Å². The lowest BCUT2D eigenvalue weighted by atomic mass is 10.0. The quantitative estimate of drug-likeness (QED) is 0.554. The standard InChI is InChI=1S/C26H25FN2O3/c27-23-10-12-24(13-11-23)28-14-16-29(17-15-28)25(30)19-32-26(31)18-20-6-8-22(9-7-20)21-4-2-1-3-5-21/h1-13H,14-19H2. The Hall–Kier alpha value is -3.67. The van der Waals surface area contributed by atoms with Crippen molar-refractivity contribution in [1.82, 2.24) is 4.90 Å². The number of carbonyl (C=O) groups excluding carboxylic acids is 2. The average Bonchev–Trinajstić information content (AvgIpc) is 2.84. The van der Waals surface area contributed by atoms with E-state index in [4.69, 9.17) is 4.74 Å². The van der Waals surface area contributed by atoms with Gasteiger partial charge in [-0.15, -0.1) is 0 Å². The minimum Gasteiger partial charge on any atom is -0.455 e. The molecule has 3 aromatic rings. The Balaban J connectivity index is 1.21. The number of rotatable bonds is 6. The second-order valence-corrected chi connectivity index (χ2v) is 7.74. The summed E-state index contributed by atoms with van der Waals surface area (Å²) >= 11 is 0. The number of anilines is 1. The summed E-state index contributed by atoms with van der Waals surface area (Å²) in [5.74, 6) is -0.885. The van der Waals surface area contributed by atoms with Gasteiger partial charge in [-0.25, -0.2) is 4.39 Å². The van der Waals surface area contributed by atoms with Gasteiger partial charge in [-0.05, 0) is 41.0 Å². The molecule has 0 aromatic heterocycles. The summed E-state index contributed by atoms with van der Waals surface area (Å²) in [6, 6.07) is 24.1. The van der Waals surface area contributed by atoms with E-state index in [1.807, 2.05) is 54.6 Å². The lowest BCUT2D eigenvalue weighted by molar-refractivity contribution is -0.151. The van der Waals surface area contributed by atoms with Crippen LogP contribution in [0.2, 0.25) is 0 Å². The summed E-state index contributed by atoms with van der Waals surface area (Å²) in [6.45, 7) is 2.12. The number of carbonyl (C=O) groups is 2. The van der Waals surface area contributed by atoms with E-state index < -0.39 is 5.97 Å². The molecular formula is C26H25FN2O3. The molecule has 5 nitrogen and oxygen atoms in total. The Labute approximate surface area is 187 Å². The van der Waals surface area contributed by atoms with Gasteiger partial charge in [0.2, 0.25) is 0 Å². The molecule has 1 fully saturated rings. The number of nitrogens with zero attached hydrogens (tertiary/aromatic N) is 2. The van der Waals surface area contributed by atoms with Gasteiger partial charge in [0.05, 0.1) is 6.42 Å². The normalized spacial score (nSPS) is 13.7. The van der Waals surface area contributed by atoms with Crippen LogP contribution in [0.25, 0.3) is 11.1 Å². The first kappa shape index (κ1) is 21.6. The monoisotopic (exact) mass is 432 g/mol. The van der Waals surface area contributed by atoms with Gasteiger partial charge in [0.15, 0.2) is 6.61 Å². The highest BCUT2D eigenvalue weighted by Crippen LogP contribution is 2.20. The fraction of sp³-hybridized carbons (Fsp3) is 0.231. The van der Waals surface area contributed by atoms with Crippen molar-refractivity contribution in [1.29, 1.82) is 0 Å². The number of ether oxygens (including phenoxy) is 1. The highest BCUT2D eigenvalue weighted by molar-refractivity contribution is 5.81. The molecule has 1 saturated heterocycles. The number of hydrogen-bond donors (Lipinski definition) is 0. The number of benzene rings is 3. The van der Waals surface area contributed by atoms with Crippen LogP contribution in [-0.4, -0.2) is 49.6 Å². The number of esters is 1. The number of hydrogen-bond acceptors (Lipinski definition) is 4. The molecule has 0 atom stereocenters. The molecule has 1 aliphatic heterocycles. The van der Waals surface area contributed by atoms with Crippen LogP contribution in [0.15, 0.2) is 78.9 Å². The molecule has 0 bridgehead atoms. The molecule has 0 unspecified atom stereocenters. The van der Waals surface area contributed by atoms with Crippen molar-refractivity contribution in [3.05, 3.63) is 90.2 Å². The first-order chi connectivity index (χ1) is 15.6. The summed E-state index contributed by atoms with van der Waals surface area (Å²) in [5, 5.41) is 0. The topological polar surface area (TPSA) is 49.9 Å². The second-order valence-electron chi connectivity index (χ2n) is 7.74. The van der Waals surface area contributed by atoms with E-state index in [2.05, 4.69) is 4.90 Å². The SMILES string of the molecule is O=C(Cc1ccc(-c2ccccc2)cc1)OCC(=O)N1CCN(c2ccc(F)cc2)CC1. The molecule has 3 aromatic carbocycles. The van der Waals surface area contributed by atoms with Gasteiger partial charge in [-0.1, -0.05) is 54.6 Å². The lowest BCUT2D eigenvalue weighted by Crippen LogP contribution is -2.50. The maximum absolute atomic E-state index is 13.1. The summed E-state index contributed by atoms with van der Waals surface area (Å²) in [6.07, 6.45) is 0.126. The maximum atomic E-state index is 13.1. The Kier molecular flexibility index (Phi) is 6.80. The first-order valence-electron chi connectivity index (χ1n) is 10.7. The second kappa shape index (κ2) is 10.1. The highest BCUT2D eigenvalue weighted by Gasteiger charge is 2.22. The molecule has 0 spiro atoms. The van der Waals surface area contributed by atoms with E-state index in [-0.39, 0.29) is 24.8 Å². The first-order valence-corrected chi connectivity index (χ1v) is 10.7. The van der Waals surface area contributed by atoms with E-state index >= 15 is 0 Å². The third kappa shape index (κ3) is 5.52. The van der Waals surface area contributed by atoms with Gasteiger partial charge >= 0.3 is 5.97 Å². The lowest BCUT2D eigenvalue weighted by Gasteiger charge is -2.36. The van der Waals surface area contributed by atoms with Crippen LogP contribution in [0.4, 0.5) is 10.1 Å². The van der Waals surface area contributed by atoms with Crippen molar-refractivity contribution >= 4 is 17.6 Å². The van der Waals surface area contributed by atoms with Crippen LogP contribution in [0.5, 0.6) is 0 Å². The van der Waals surface area contributed by atoms with E-state index in [1.54, 1.807) is 17.0 Å². The van der Waals surface area contributed by atoms with Crippen molar-refractivity contribution in [2.24, 2.45) is 0 Å². The number of amides is 1. The Morgan fingerprint density at radius 3 is 2.06 bits per heavy atom. The van der Waals surface area contributed by atoms with Crippen LogP contribution in [0.1, 0.15) is 5.56 Å². The highest BCUT2D eigenvalue weighted by atomic mass is 19.1. The predicted octanol–water partition coefficient (Wildman–Crippen LogP) is 3.93. The Bertz CT molecular complexity index is 1040. The Morgan fingerprint density at radius 1 is 0.781 bits per heavy atom. The summed E-state index contributed by atoms with van der Waals surface area (Å²) < 4.78 is 18.3. The zero-order valence-electron chi connectivity index (χ0n) is 17.7. The van der Waals surface area contributed by atoms with Gasteiger partial charge in [0.1, 0.15) is 5.82 Å². The number of halogens is 1. The third-order valence-electron chi connectivity index (χ3n) is 5.59. The predicted molar refractivity (Wildman–Crippen MR) is 122 cm³/mol. The minimum absolute atomic E-state index is 0.126. The molecule has 1 aliphatic rings. The molecule has 0 aliphatic carbocycles. The van der Waals surface area contributed by atoms with Crippen molar-refractivity contribution in [2.75, 3.05) is 37.7 Å². The summed E-state index contributed by atoms with van der Waals surface area (Å²) in [4.78, 5) is 28.4. The van der Waals surface area contributed by atoms with Crippen LogP contribution >= 0.6 is 0 Å². The molecule has 4 rings (SSSR count). The van der Waals surface area contributed by atoms with Gasteiger partial charge in [0, 0.05) is 31.9 Å². The zero-order chi connectivity index (χ0) is 22.3. The van der Waals surface area contributed by atoms with Crippen LogP contribution < -0.4 is 4.90 Å². The summed E-state index contributed by atoms with van der Waals surface area (Å²) in [7, 11) is 0. The van der Waals surface area contributed by atoms with Crippen LogP contribution in [-0.2, 0) is 20.7 Å². The van der Waals surface area contributed by atoms with Crippen molar-refractivity contribution in [3.63, 3.8) is 0 Å². The molecule has 1 amide bonds. The van der Waals surface area contributed by atoms with E-state index in [9.17, 15) is 14.0 Å². The molecule has 0 radical (unpaired) electrons. The molecule has 6 heteroatoms. The Morgan fingerprint density at radius 2 is 1.41 bits per heavy atom. The molecule has 164 valence electrons. The smallest absolute Gasteiger partial charge is 0.310 e. The largest absolute Gasteiger partial charge is 0.455 e. The van der Waals surface area contributed by atoms with E-state index in [0.29, 0.717) is 26.2 Å². The average molecular weight is 432 g/mol. The van der Waals surface area contributed by atoms with Gasteiger partial charge in [-0.3, -0.25) is 9.59 Å². The van der Waals surface area contributed by atoms with Crippen molar-refractivity contribution < 1.29 is 18.7 Å². The molecule has 0 saturated carbocycles. The molecule has 32 heavy (non-hydrogen) atoms. The van der Waals surface area contributed by atoms with Crippen LogP contribution in [0, 0.1) is 5.82 Å². The van der Waals surface area contributed by atoms with Crippen molar-refractivity contribution in [2.45, 2.75) is 6.42 Å². The molecular weight excluding hydrogens is 407 g/mol. The molecule has 1 heterocycles. The maximum Gasteiger partial charge on any atom is 0.310 e.